The highest BCUT2D eigenvalue weighted by atomic mass is 16.3. The summed E-state index contributed by atoms with van der Waals surface area (Å²) >= 11 is 0. The number of rotatable bonds is 20. The van der Waals surface area contributed by atoms with Crippen LogP contribution in [0.1, 0.15) is 90.4 Å². The van der Waals surface area contributed by atoms with Gasteiger partial charge in [-0.05, 0) is 57.8 Å². The van der Waals surface area contributed by atoms with Gasteiger partial charge in [0.15, 0.2) is 0 Å². The highest BCUT2D eigenvalue weighted by molar-refractivity contribution is 4.77. The van der Waals surface area contributed by atoms with Crippen molar-refractivity contribution < 1.29 is 35.7 Å². The molecule has 180 valence electrons. The first kappa shape index (κ1) is 29.5. The molecule has 0 aromatic rings. The van der Waals surface area contributed by atoms with Crippen LogP contribution >= 0.6 is 0 Å². The average molecular weight is 435 g/mol. The predicted molar refractivity (Wildman–Crippen MR) is 118 cm³/mol. The molecule has 0 aliphatic carbocycles. The summed E-state index contributed by atoms with van der Waals surface area (Å²) in [5.74, 6) is 0. The summed E-state index contributed by atoms with van der Waals surface area (Å²) in [4.78, 5) is 0. The largest absolute Gasteiger partial charge is 0.393 e. The van der Waals surface area contributed by atoms with Crippen LogP contribution < -0.4 is 0 Å². The van der Waals surface area contributed by atoms with Crippen LogP contribution in [0.4, 0.5) is 0 Å². The summed E-state index contributed by atoms with van der Waals surface area (Å²) < 4.78 is 0. The zero-order valence-electron chi connectivity index (χ0n) is 18.6. The van der Waals surface area contributed by atoms with Crippen molar-refractivity contribution in [2.45, 2.75) is 133 Å². The quantitative estimate of drug-likeness (QED) is 0.114. The van der Waals surface area contributed by atoms with Crippen molar-refractivity contribution in [3.05, 3.63) is 12.7 Å². The van der Waals surface area contributed by atoms with Crippen molar-refractivity contribution in [1.29, 1.82) is 0 Å². The lowest BCUT2D eigenvalue weighted by atomic mass is 9.96. The fraction of sp³-hybridized carbons (Fsp3) is 0.913. The standard InChI is InChI=1S/C23H46O7/c1-3-8-17(24)10-6-5-7-11-19(26)13-21(28)15-23(30)16-22(29)14-20(27)12-18(25)9-4-2/h4,17-30H,2-3,5-16H2,1H3. The second-order valence-electron chi connectivity index (χ2n) is 8.71. The topological polar surface area (TPSA) is 142 Å². The maximum Gasteiger partial charge on any atom is 0.0599 e. The first-order valence-electron chi connectivity index (χ1n) is 11.5. The van der Waals surface area contributed by atoms with Gasteiger partial charge in [-0.1, -0.05) is 38.7 Å². The molecular formula is C23H46O7. The SMILES string of the molecule is C=CCC(O)CC(O)CC(O)CC(O)CC(O)CC(O)CCCCCC(O)CCC. The van der Waals surface area contributed by atoms with Crippen molar-refractivity contribution >= 4 is 0 Å². The van der Waals surface area contributed by atoms with Gasteiger partial charge in [0.2, 0.25) is 0 Å². The lowest BCUT2D eigenvalue weighted by Crippen LogP contribution is -2.28. The molecular weight excluding hydrogens is 388 g/mol. The molecule has 7 heteroatoms. The zero-order chi connectivity index (χ0) is 22.9. The van der Waals surface area contributed by atoms with E-state index in [1.165, 1.54) is 0 Å². The summed E-state index contributed by atoms with van der Waals surface area (Å²) in [5.41, 5.74) is 0. The molecule has 7 nitrogen and oxygen atoms in total. The van der Waals surface area contributed by atoms with Gasteiger partial charge in [0.05, 0.1) is 42.7 Å². The van der Waals surface area contributed by atoms with Crippen LogP contribution in [0.15, 0.2) is 12.7 Å². The van der Waals surface area contributed by atoms with Gasteiger partial charge in [0, 0.05) is 0 Å². The van der Waals surface area contributed by atoms with Crippen molar-refractivity contribution in [1.82, 2.24) is 0 Å². The van der Waals surface area contributed by atoms with Gasteiger partial charge in [0.25, 0.3) is 0 Å². The van der Waals surface area contributed by atoms with Gasteiger partial charge < -0.3 is 35.7 Å². The van der Waals surface area contributed by atoms with Crippen LogP contribution in [0.25, 0.3) is 0 Å². The Morgan fingerprint density at radius 2 is 0.933 bits per heavy atom. The molecule has 0 rings (SSSR count). The maximum absolute atomic E-state index is 10.1. The van der Waals surface area contributed by atoms with Gasteiger partial charge in [-0.15, -0.1) is 6.58 Å². The summed E-state index contributed by atoms with van der Waals surface area (Å²) in [6.45, 7) is 5.56. The molecule has 0 fully saturated rings. The summed E-state index contributed by atoms with van der Waals surface area (Å²) in [7, 11) is 0. The molecule has 0 aromatic heterocycles. The Labute approximate surface area is 182 Å². The maximum atomic E-state index is 10.1. The van der Waals surface area contributed by atoms with Gasteiger partial charge in [-0.2, -0.15) is 0 Å². The molecule has 0 saturated heterocycles. The molecule has 0 bridgehead atoms. The predicted octanol–water partition coefficient (Wildman–Crippen LogP) is 1.79. The van der Waals surface area contributed by atoms with Crippen LogP contribution in [0.5, 0.6) is 0 Å². The lowest BCUT2D eigenvalue weighted by Gasteiger charge is -2.22. The minimum absolute atomic E-state index is 0.0157. The van der Waals surface area contributed by atoms with E-state index >= 15 is 0 Å². The van der Waals surface area contributed by atoms with Crippen LogP contribution in [0, 0.1) is 0 Å². The van der Waals surface area contributed by atoms with Crippen LogP contribution in [0.2, 0.25) is 0 Å². The van der Waals surface area contributed by atoms with Crippen LogP contribution in [-0.4, -0.2) is 78.5 Å². The Morgan fingerprint density at radius 3 is 1.37 bits per heavy atom. The Morgan fingerprint density at radius 1 is 0.533 bits per heavy atom. The smallest absolute Gasteiger partial charge is 0.0599 e. The summed E-state index contributed by atoms with van der Waals surface area (Å²) in [6, 6.07) is 0. The van der Waals surface area contributed by atoms with Crippen LogP contribution in [0.3, 0.4) is 0 Å². The molecule has 7 atom stereocenters. The second kappa shape index (κ2) is 18.1. The number of aliphatic hydroxyl groups is 7. The Balaban J connectivity index is 3.92. The van der Waals surface area contributed by atoms with Crippen LogP contribution in [-0.2, 0) is 0 Å². The van der Waals surface area contributed by atoms with E-state index in [1.54, 1.807) is 6.08 Å². The molecule has 30 heavy (non-hydrogen) atoms. The van der Waals surface area contributed by atoms with Crippen molar-refractivity contribution in [2.24, 2.45) is 0 Å². The highest BCUT2D eigenvalue weighted by Crippen LogP contribution is 2.17. The van der Waals surface area contributed by atoms with E-state index in [9.17, 15) is 35.7 Å². The Bertz CT molecular complexity index is 407. The highest BCUT2D eigenvalue weighted by Gasteiger charge is 2.21. The molecule has 0 saturated carbocycles. The molecule has 7 unspecified atom stereocenters. The van der Waals surface area contributed by atoms with Gasteiger partial charge in [-0.25, -0.2) is 0 Å². The summed E-state index contributed by atoms with van der Waals surface area (Å²) in [5, 5.41) is 69.3. The molecule has 0 aromatic carbocycles. The lowest BCUT2D eigenvalue weighted by molar-refractivity contribution is -0.00104. The monoisotopic (exact) mass is 434 g/mol. The molecule has 0 heterocycles. The number of aliphatic hydroxyl groups excluding tert-OH is 7. The third-order valence-corrected chi connectivity index (χ3v) is 5.36. The van der Waals surface area contributed by atoms with E-state index in [-0.39, 0.29) is 38.2 Å². The normalized spacial score (nSPS) is 18.9. The van der Waals surface area contributed by atoms with Gasteiger partial charge in [-0.3, -0.25) is 0 Å². The van der Waals surface area contributed by atoms with Gasteiger partial charge in [0.1, 0.15) is 0 Å². The minimum Gasteiger partial charge on any atom is -0.393 e. The van der Waals surface area contributed by atoms with E-state index in [1.807, 2.05) is 6.92 Å². The van der Waals surface area contributed by atoms with E-state index < -0.39 is 36.6 Å². The molecule has 7 N–H and O–H groups in total. The van der Waals surface area contributed by atoms with E-state index in [0.29, 0.717) is 12.8 Å². The van der Waals surface area contributed by atoms with Crippen molar-refractivity contribution in [2.75, 3.05) is 0 Å². The van der Waals surface area contributed by atoms with Crippen molar-refractivity contribution in [3.8, 4) is 0 Å². The fourth-order valence-corrected chi connectivity index (χ4v) is 3.78. The number of unbranched alkanes of at least 4 members (excludes halogenated alkanes) is 2. The first-order chi connectivity index (χ1) is 14.2. The third kappa shape index (κ3) is 17.2. The third-order valence-electron chi connectivity index (χ3n) is 5.36. The molecule has 0 aliphatic heterocycles. The fourth-order valence-electron chi connectivity index (χ4n) is 3.78. The minimum atomic E-state index is -0.939. The van der Waals surface area contributed by atoms with Gasteiger partial charge >= 0.3 is 0 Å². The Hall–Kier alpha value is -0.540. The summed E-state index contributed by atoms with van der Waals surface area (Å²) in [6.07, 6.45) is 2.92. The van der Waals surface area contributed by atoms with E-state index in [4.69, 9.17) is 0 Å². The molecule has 0 aliphatic rings. The van der Waals surface area contributed by atoms with E-state index in [2.05, 4.69) is 6.58 Å². The molecule has 0 radical (unpaired) electrons. The number of hydrogen-bond donors (Lipinski definition) is 7. The zero-order valence-corrected chi connectivity index (χ0v) is 18.6. The molecule has 0 spiro atoms. The Kier molecular flexibility index (Phi) is 17.7. The second-order valence-corrected chi connectivity index (χ2v) is 8.71. The first-order valence-corrected chi connectivity index (χ1v) is 11.5. The number of hydrogen-bond acceptors (Lipinski definition) is 7. The molecule has 0 amide bonds. The van der Waals surface area contributed by atoms with Crippen molar-refractivity contribution in [3.63, 3.8) is 0 Å². The average Bonchev–Trinajstić information content (AvgIpc) is 2.60. The van der Waals surface area contributed by atoms with E-state index in [0.717, 1.165) is 38.5 Å².